The molecule has 1 fully saturated rings. The molecule has 1 heterocycles. The minimum absolute atomic E-state index is 0.114. The Morgan fingerprint density at radius 2 is 1.86 bits per heavy atom. The molecule has 0 bridgehead atoms. The summed E-state index contributed by atoms with van der Waals surface area (Å²) in [6.45, 7) is 6.64. The van der Waals surface area contributed by atoms with E-state index in [-0.39, 0.29) is 11.5 Å². The zero-order chi connectivity index (χ0) is 15.0. The molecule has 1 aliphatic rings. The Hall–Kier alpha value is -1.19. The van der Waals surface area contributed by atoms with Gasteiger partial charge >= 0.3 is 0 Å². The average molecular weight is 300 g/mol. The monoisotopic (exact) mass is 300 g/mol. The highest BCUT2D eigenvalue weighted by Gasteiger charge is 2.24. The number of rotatable bonds is 4. The molecular formula is C18H24N2S. The SMILES string of the molecule is CNC(c1ccc(C2CC2)cc1)c1nc(C(C)(C)C)cs1. The van der Waals surface area contributed by atoms with Crippen molar-refractivity contribution in [2.75, 3.05) is 7.05 Å². The topological polar surface area (TPSA) is 24.9 Å². The van der Waals surface area contributed by atoms with Gasteiger partial charge in [0.2, 0.25) is 0 Å². The first-order chi connectivity index (χ1) is 9.99. The predicted molar refractivity (Wildman–Crippen MR) is 90.1 cm³/mol. The lowest BCUT2D eigenvalue weighted by atomic mass is 9.93. The molecular weight excluding hydrogens is 276 g/mol. The Bertz CT molecular complexity index is 603. The second kappa shape index (κ2) is 5.54. The van der Waals surface area contributed by atoms with E-state index in [1.807, 2.05) is 7.05 Å². The molecule has 2 aromatic rings. The van der Waals surface area contributed by atoms with Gasteiger partial charge in [-0.15, -0.1) is 11.3 Å². The minimum atomic E-state index is 0.114. The van der Waals surface area contributed by atoms with Gasteiger partial charge < -0.3 is 5.32 Å². The van der Waals surface area contributed by atoms with Crippen LogP contribution in [0.1, 0.15) is 67.4 Å². The molecule has 0 saturated heterocycles. The van der Waals surface area contributed by atoms with Crippen molar-refractivity contribution < 1.29 is 0 Å². The van der Waals surface area contributed by atoms with Crippen LogP contribution in [0.25, 0.3) is 0 Å². The summed E-state index contributed by atoms with van der Waals surface area (Å²) >= 11 is 1.75. The third kappa shape index (κ3) is 3.19. The molecule has 3 rings (SSSR count). The fourth-order valence-electron chi connectivity index (χ4n) is 2.57. The fraction of sp³-hybridized carbons (Fsp3) is 0.500. The van der Waals surface area contributed by atoms with Gasteiger partial charge in [0.1, 0.15) is 5.01 Å². The van der Waals surface area contributed by atoms with Crippen LogP contribution in [0.5, 0.6) is 0 Å². The molecule has 2 nitrogen and oxygen atoms in total. The molecule has 3 heteroatoms. The van der Waals surface area contributed by atoms with E-state index in [0.29, 0.717) is 0 Å². The predicted octanol–water partition coefficient (Wildman–Crippen LogP) is 4.63. The number of nitrogens with one attached hydrogen (secondary N) is 1. The highest BCUT2D eigenvalue weighted by molar-refractivity contribution is 7.09. The summed E-state index contributed by atoms with van der Waals surface area (Å²) in [5.41, 5.74) is 4.08. The van der Waals surface area contributed by atoms with Gasteiger partial charge in [0.25, 0.3) is 0 Å². The molecule has 1 atom stereocenters. The Kier molecular flexibility index (Phi) is 3.89. The first-order valence-corrected chi connectivity index (χ1v) is 8.60. The molecule has 0 aliphatic heterocycles. The van der Waals surface area contributed by atoms with Gasteiger partial charge in [-0.1, -0.05) is 45.0 Å². The van der Waals surface area contributed by atoms with Crippen LogP contribution in [-0.4, -0.2) is 12.0 Å². The molecule has 1 N–H and O–H groups in total. The van der Waals surface area contributed by atoms with Gasteiger partial charge in [-0.3, -0.25) is 0 Å². The quantitative estimate of drug-likeness (QED) is 0.890. The maximum absolute atomic E-state index is 4.85. The first-order valence-electron chi connectivity index (χ1n) is 7.72. The Morgan fingerprint density at radius 3 is 2.33 bits per heavy atom. The maximum atomic E-state index is 4.85. The largest absolute Gasteiger partial charge is 0.307 e. The van der Waals surface area contributed by atoms with Gasteiger partial charge in [-0.2, -0.15) is 0 Å². The highest BCUT2D eigenvalue weighted by Crippen LogP contribution is 2.40. The normalized spacial score (nSPS) is 17.0. The van der Waals surface area contributed by atoms with E-state index in [1.165, 1.54) is 29.7 Å². The molecule has 0 radical (unpaired) electrons. The number of hydrogen-bond acceptors (Lipinski definition) is 3. The van der Waals surface area contributed by atoms with Crippen molar-refractivity contribution in [2.24, 2.45) is 0 Å². The van der Waals surface area contributed by atoms with Crippen molar-refractivity contribution in [2.45, 2.75) is 51.0 Å². The van der Waals surface area contributed by atoms with Gasteiger partial charge in [0, 0.05) is 10.8 Å². The standard InChI is InChI=1S/C18H24N2S/c1-18(2,3)15-11-21-17(20-15)16(19-4)14-9-7-13(8-10-14)12-5-6-12/h7-12,16,19H,5-6H2,1-4H3. The van der Waals surface area contributed by atoms with Gasteiger partial charge in [-0.25, -0.2) is 4.98 Å². The minimum Gasteiger partial charge on any atom is -0.307 e. The Balaban J connectivity index is 1.85. The molecule has 0 amide bonds. The molecule has 1 aromatic heterocycles. The highest BCUT2D eigenvalue weighted by atomic mass is 32.1. The van der Waals surface area contributed by atoms with Crippen LogP contribution in [0, 0.1) is 0 Å². The second-order valence-corrected chi connectivity index (χ2v) is 7.87. The summed E-state index contributed by atoms with van der Waals surface area (Å²) in [4.78, 5) is 4.85. The van der Waals surface area contributed by atoms with Crippen molar-refractivity contribution in [3.8, 4) is 0 Å². The molecule has 1 aliphatic carbocycles. The maximum Gasteiger partial charge on any atom is 0.114 e. The van der Waals surface area contributed by atoms with E-state index in [4.69, 9.17) is 4.98 Å². The van der Waals surface area contributed by atoms with Crippen LogP contribution >= 0.6 is 11.3 Å². The van der Waals surface area contributed by atoms with Crippen LogP contribution in [0.4, 0.5) is 0 Å². The van der Waals surface area contributed by atoms with Crippen LogP contribution in [-0.2, 0) is 5.41 Å². The molecule has 21 heavy (non-hydrogen) atoms. The Labute approximate surface area is 131 Å². The second-order valence-electron chi connectivity index (χ2n) is 6.98. The molecule has 1 unspecified atom stereocenters. The summed E-state index contributed by atoms with van der Waals surface area (Å²) in [5.74, 6) is 0.819. The van der Waals surface area contributed by atoms with Crippen molar-refractivity contribution in [1.29, 1.82) is 0 Å². The molecule has 1 saturated carbocycles. The average Bonchev–Trinajstić information content (AvgIpc) is 3.17. The van der Waals surface area contributed by atoms with Crippen LogP contribution < -0.4 is 5.32 Å². The number of nitrogens with zero attached hydrogens (tertiary/aromatic N) is 1. The summed E-state index contributed by atoms with van der Waals surface area (Å²) in [5, 5.41) is 6.76. The van der Waals surface area contributed by atoms with E-state index in [1.54, 1.807) is 11.3 Å². The number of hydrogen-bond donors (Lipinski definition) is 1. The van der Waals surface area contributed by atoms with E-state index in [9.17, 15) is 0 Å². The van der Waals surface area contributed by atoms with Crippen molar-refractivity contribution in [3.63, 3.8) is 0 Å². The van der Waals surface area contributed by atoms with Crippen LogP contribution in [0.3, 0.4) is 0 Å². The van der Waals surface area contributed by atoms with Gasteiger partial charge in [0.05, 0.1) is 11.7 Å². The third-order valence-corrected chi connectivity index (χ3v) is 5.05. The summed E-state index contributed by atoms with van der Waals surface area (Å²) < 4.78 is 0. The lowest BCUT2D eigenvalue weighted by molar-refractivity contribution is 0.566. The lowest BCUT2D eigenvalue weighted by Gasteiger charge is -2.16. The van der Waals surface area contributed by atoms with E-state index < -0.39 is 0 Å². The molecule has 112 valence electrons. The first kappa shape index (κ1) is 14.7. The van der Waals surface area contributed by atoms with Crippen molar-refractivity contribution in [3.05, 3.63) is 51.5 Å². The number of thiazole rings is 1. The fourth-order valence-corrected chi connectivity index (χ4v) is 3.75. The summed E-state index contributed by atoms with van der Waals surface area (Å²) in [7, 11) is 2.01. The smallest absolute Gasteiger partial charge is 0.114 e. The van der Waals surface area contributed by atoms with Crippen molar-refractivity contribution in [1.82, 2.24) is 10.3 Å². The number of benzene rings is 1. The van der Waals surface area contributed by atoms with Gasteiger partial charge in [0.15, 0.2) is 0 Å². The van der Waals surface area contributed by atoms with Crippen molar-refractivity contribution >= 4 is 11.3 Å². The molecule has 1 aromatic carbocycles. The zero-order valence-corrected chi connectivity index (χ0v) is 14.1. The zero-order valence-electron chi connectivity index (χ0n) is 13.3. The molecule has 0 spiro atoms. The number of aromatic nitrogens is 1. The van der Waals surface area contributed by atoms with E-state index in [0.717, 1.165) is 10.9 Å². The van der Waals surface area contributed by atoms with E-state index >= 15 is 0 Å². The van der Waals surface area contributed by atoms with Gasteiger partial charge in [-0.05, 0) is 36.9 Å². The summed E-state index contributed by atoms with van der Waals surface area (Å²) in [6, 6.07) is 9.28. The van der Waals surface area contributed by atoms with Crippen LogP contribution in [0.15, 0.2) is 29.6 Å². The lowest BCUT2D eigenvalue weighted by Crippen LogP contribution is -2.18. The van der Waals surface area contributed by atoms with E-state index in [2.05, 4.69) is 55.7 Å². The van der Waals surface area contributed by atoms with Crippen LogP contribution in [0.2, 0.25) is 0 Å². The summed E-state index contributed by atoms with van der Waals surface area (Å²) in [6.07, 6.45) is 2.71. The Morgan fingerprint density at radius 1 is 1.19 bits per heavy atom. The third-order valence-electron chi connectivity index (χ3n) is 4.14.